The average Bonchev–Trinajstić information content (AvgIpc) is 2.66. The van der Waals surface area contributed by atoms with E-state index in [-0.39, 0.29) is 24.0 Å². The fourth-order valence-electron chi connectivity index (χ4n) is 3.34. The largest absolute Gasteiger partial charge is 0.356 e. The summed E-state index contributed by atoms with van der Waals surface area (Å²) >= 11 is 0. The van der Waals surface area contributed by atoms with E-state index < -0.39 is 0 Å². The fourth-order valence-corrected chi connectivity index (χ4v) is 3.34. The second kappa shape index (κ2) is 11.3. The van der Waals surface area contributed by atoms with Gasteiger partial charge >= 0.3 is 0 Å². The average molecular weight is 478 g/mol. The van der Waals surface area contributed by atoms with E-state index in [4.69, 9.17) is 4.99 Å². The van der Waals surface area contributed by atoms with E-state index in [1.54, 1.807) is 0 Å². The first-order chi connectivity index (χ1) is 12.7. The molecule has 0 saturated carbocycles. The lowest BCUT2D eigenvalue weighted by molar-refractivity contribution is 0.211. The molecule has 5 heteroatoms. The fraction of sp³-hybridized carbons (Fsp3) is 0.409. The molecular weight excluding hydrogens is 447 g/mol. The molecule has 1 aliphatic heterocycles. The molecule has 2 N–H and O–H groups in total. The summed E-state index contributed by atoms with van der Waals surface area (Å²) in [6.45, 7) is 6.11. The van der Waals surface area contributed by atoms with Crippen LogP contribution in [0.15, 0.2) is 59.6 Å². The van der Waals surface area contributed by atoms with Gasteiger partial charge in [-0.05, 0) is 57.0 Å². The lowest BCUT2D eigenvalue weighted by atomic mass is 9.99. The van der Waals surface area contributed by atoms with Crippen molar-refractivity contribution in [2.75, 3.05) is 32.0 Å². The Hall–Kier alpha value is -1.60. The van der Waals surface area contributed by atoms with Crippen molar-refractivity contribution in [1.29, 1.82) is 0 Å². The summed E-state index contributed by atoms with van der Waals surface area (Å²) in [5, 5.41) is 6.99. The van der Waals surface area contributed by atoms with Crippen molar-refractivity contribution in [2.45, 2.75) is 26.3 Å². The van der Waals surface area contributed by atoms with Crippen LogP contribution < -0.4 is 10.6 Å². The van der Waals surface area contributed by atoms with Gasteiger partial charge in [-0.15, -0.1) is 24.0 Å². The third-order valence-electron chi connectivity index (χ3n) is 4.86. The van der Waals surface area contributed by atoms with Crippen molar-refractivity contribution in [1.82, 2.24) is 10.2 Å². The van der Waals surface area contributed by atoms with Crippen LogP contribution in [0.2, 0.25) is 0 Å². The minimum atomic E-state index is 0. The summed E-state index contributed by atoms with van der Waals surface area (Å²) < 4.78 is 0. The van der Waals surface area contributed by atoms with Gasteiger partial charge in [-0.1, -0.05) is 48.0 Å². The number of halogens is 1. The molecule has 0 radical (unpaired) electrons. The van der Waals surface area contributed by atoms with Gasteiger partial charge in [0, 0.05) is 18.8 Å². The number of likely N-dealkylation sites (tertiary alicyclic amines) is 1. The van der Waals surface area contributed by atoms with Crippen LogP contribution in [0.5, 0.6) is 0 Å². The van der Waals surface area contributed by atoms with E-state index in [0.717, 1.165) is 24.7 Å². The lowest BCUT2D eigenvalue weighted by Crippen LogP contribution is -2.41. The molecule has 1 saturated heterocycles. The van der Waals surface area contributed by atoms with Crippen LogP contribution in [0.1, 0.15) is 24.0 Å². The highest BCUT2D eigenvalue weighted by Crippen LogP contribution is 2.14. The summed E-state index contributed by atoms with van der Waals surface area (Å²) in [6.07, 6.45) is 2.57. The molecular formula is C22H31IN4. The Morgan fingerprint density at radius 1 is 1.11 bits per heavy atom. The number of benzene rings is 2. The molecule has 1 atom stereocenters. The molecule has 1 aliphatic rings. The Labute approximate surface area is 180 Å². The molecule has 0 bridgehead atoms. The molecule has 3 rings (SSSR count). The SMILES string of the molecule is Cc1ccc(CN=C(NCC2CCCN(C)C2)Nc2ccccc2)cc1.I. The normalized spacial score (nSPS) is 17.9. The highest BCUT2D eigenvalue weighted by molar-refractivity contribution is 14.0. The monoisotopic (exact) mass is 478 g/mol. The van der Waals surface area contributed by atoms with E-state index in [0.29, 0.717) is 12.5 Å². The van der Waals surface area contributed by atoms with E-state index in [1.807, 2.05) is 18.2 Å². The second-order valence-corrected chi connectivity index (χ2v) is 7.29. The van der Waals surface area contributed by atoms with Crippen molar-refractivity contribution in [2.24, 2.45) is 10.9 Å². The third kappa shape index (κ3) is 7.50. The van der Waals surface area contributed by atoms with Gasteiger partial charge in [-0.3, -0.25) is 0 Å². The van der Waals surface area contributed by atoms with Crippen LogP contribution in [0.4, 0.5) is 5.69 Å². The number of rotatable bonds is 5. The number of nitrogens with zero attached hydrogens (tertiary/aromatic N) is 2. The number of hydrogen-bond acceptors (Lipinski definition) is 2. The molecule has 1 fully saturated rings. The van der Waals surface area contributed by atoms with Gasteiger partial charge in [-0.25, -0.2) is 4.99 Å². The highest BCUT2D eigenvalue weighted by atomic mass is 127. The molecule has 1 heterocycles. The Morgan fingerprint density at radius 2 is 1.85 bits per heavy atom. The van der Waals surface area contributed by atoms with Crippen molar-refractivity contribution >= 4 is 35.6 Å². The molecule has 0 amide bonds. The summed E-state index contributed by atoms with van der Waals surface area (Å²) in [7, 11) is 2.21. The smallest absolute Gasteiger partial charge is 0.196 e. The number of aliphatic imine (C=N–C) groups is 1. The zero-order chi connectivity index (χ0) is 18.2. The molecule has 2 aromatic rings. The van der Waals surface area contributed by atoms with Gasteiger partial charge in [0.15, 0.2) is 5.96 Å². The number of para-hydroxylation sites is 1. The molecule has 2 aromatic carbocycles. The first-order valence-electron chi connectivity index (χ1n) is 9.53. The second-order valence-electron chi connectivity index (χ2n) is 7.29. The van der Waals surface area contributed by atoms with E-state index in [9.17, 15) is 0 Å². The van der Waals surface area contributed by atoms with E-state index in [1.165, 1.54) is 30.5 Å². The maximum atomic E-state index is 4.80. The van der Waals surface area contributed by atoms with E-state index in [2.05, 4.69) is 65.9 Å². The number of aryl methyl sites for hydroxylation is 1. The van der Waals surface area contributed by atoms with E-state index >= 15 is 0 Å². The number of hydrogen-bond donors (Lipinski definition) is 2. The quantitative estimate of drug-likeness (QED) is 0.378. The first-order valence-corrected chi connectivity index (χ1v) is 9.53. The van der Waals surface area contributed by atoms with Crippen LogP contribution in [0.3, 0.4) is 0 Å². The number of guanidine groups is 1. The van der Waals surface area contributed by atoms with Crippen LogP contribution in [0, 0.1) is 12.8 Å². The van der Waals surface area contributed by atoms with Crippen LogP contribution in [-0.2, 0) is 6.54 Å². The Morgan fingerprint density at radius 3 is 2.56 bits per heavy atom. The maximum absolute atomic E-state index is 4.80. The minimum absolute atomic E-state index is 0. The third-order valence-corrected chi connectivity index (χ3v) is 4.86. The van der Waals surface area contributed by atoms with Gasteiger partial charge < -0.3 is 15.5 Å². The number of anilines is 1. The summed E-state index contributed by atoms with van der Waals surface area (Å²) in [6, 6.07) is 18.8. The van der Waals surface area contributed by atoms with Gasteiger partial charge in [0.05, 0.1) is 6.54 Å². The Bertz CT molecular complexity index is 700. The molecule has 27 heavy (non-hydrogen) atoms. The van der Waals surface area contributed by atoms with Crippen molar-refractivity contribution in [3.8, 4) is 0 Å². The molecule has 4 nitrogen and oxygen atoms in total. The number of nitrogens with one attached hydrogen (secondary N) is 2. The zero-order valence-corrected chi connectivity index (χ0v) is 18.6. The summed E-state index contributed by atoms with van der Waals surface area (Å²) in [4.78, 5) is 7.22. The predicted molar refractivity (Wildman–Crippen MR) is 126 cm³/mol. The van der Waals surface area contributed by atoms with Crippen molar-refractivity contribution in [3.05, 3.63) is 65.7 Å². The standard InChI is InChI=1S/C22H30N4.HI/c1-18-10-12-19(13-11-18)15-23-22(25-21-8-4-3-5-9-21)24-16-20-7-6-14-26(2)17-20;/h3-5,8-13,20H,6-7,14-17H2,1-2H3,(H2,23,24,25);1H. The molecule has 0 aliphatic carbocycles. The van der Waals surface area contributed by atoms with Gasteiger partial charge in [-0.2, -0.15) is 0 Å². The van der Waals surface area contributed by atoms with Crippen LogP contribution >= 0.6 is 24.0 Å². The van der Waals surface area contributed by atoms with Gasteiger partial charge in [0.25, 0.3) is 0 Å². The predicted octanol–water partition coefficient (Wildman–Crippen LogP) is 4.51. The van der Waals surface area contributed by atoms with Crippen molar-refractivity contribution in [3.63, 3.8) is 0 Å². The number of piperidine rings is 1. The summed E-state index contributed by atoms with van der Waals surface area (Å²) in [5.41, 5.74) is 3.56. The molecule has 0 aromatic heterocycles. The Balaban J connectivity index is 0.00000261. The van der Waals surface area contributed by atoms with Crippen LogP contribution in [0.25, 0.3) is 0 Å². The van der Waals surface area contributed by atoms with Crippen LogP contribution in [-0.4, -0.2) is 37.5 Å². The minimum Gasteiger partial charge on any atom is -0.356 e. The van der Waals surface area contributed by atoms with Crippen molar-refractivity contribution < 1.29 is 0 Å². The topological polar surface area (TPSA) is 39.7 Å². The molecule has 1 unspecified atom stereocenters. The molecule has 146 valence electrons. The van der Waals surface area contributed by atoms with Gasteiger partial charge in [0.2, 0.25) is 0 Å². The zero-order valence-electron chi connectivity index (χ0n) is 16.3. The maximum Gasteiger partial charge on any atom is 0.196 e. The lowest BCUT2D eigenvalue weighted by Gasteiger charge is -2.30. The van der Waals surface area contributed by atoms with Gasteiger partial charge in [0.1, 0.15) is 0 Å². The first kappa shape index (κ1) is 21.7. The Kier molecular flexibility index (Phi) is 9.07. The summed E-state index contributed by atoms with van der Waals surface area (Å²) in [5.74, 6) is 1.53. The molecule has 0 spiro atoms. The highest BCUT2D eigenvalue weighted by Gasteiger charge is 2.17.